The molecule has 0 atom stereocenters. The molecular weight excluding hydrogens is 263 g/mol. The molecule has 0 saturated carbocycles. The average Bonchev–Trinajstić information content (AvgIpc) is 2.44. The molecule has 2 N–H and O–H groups in total. The summed E-state index contributed by atoms with van der Waals surface area (Å²) in [5.74, 6) is -0.703. The molecule has 20 heavy (non-hydrogen) atoms. The van der Waals surface area contributed by atoms with Crippen molar-refractivity contribution in [2.75, 3.05) is 12.8 Å². The van der Waals surface area contributed by atoms with Gasteiger partial charge in [-0.05, 0) is 18.2 Å². The summed E-state index contributed by atoms with van der Waals surface area (Å²) in [4.78, 5) is 15.3. The van der Waals surface area contributed by atoms with Crippen molar-refractivity contribution in [3.8, 4) is 5.75 Å². The average molecular weight is 276 g/mol. The van der Waals surface area contributed by atoms with Gasteiger partial charge in [0.15, 0.2) is 0 Å². The molecular formula is C14H13FN2O3. The van der Waals surface area contributed by atoms with Crippen LogP contribution in [0, 0.1) is 5.82 Å². The molecule has 0 fully saturated rings. The third-order valence-electron chi connectivity index (χ3n) is 2.57. The van der Waals surface area contributed by atoms with Crippen LogP contribution in [0.4, 0.5) is 10.1 Å². The lowest BCUT2D eigenvalue weighted by atomic mass is 10.2. The molecule has 0 aliphatic carbocycles. The van der Waals surface area contributed by atoms with Crippen LogP contribution in [0.15, 0.2) is 36.7 Å². The van der Waals surface area contributed by atoms with E-state index < -0.39 is 11.8 Å². The maximum atomic E-state index is 13.0. The highest BCUT2D eigenvalue weighted by Crippen LogP contribution is 2.23. The van der Waals surface area contributed by atoms with E-state index in [1.54, 1.807) is 6.07 Å². The molecule has 6 heteroatoms. The van der Waals surface area contributed by atoms with Crippen LogP contribution in [0.1, 0.15) is 15.9 Å². The number of aromatic nitrogens is 1. The van der Waals surface area contributed by atoms with Crippen molar-refractivity contribution in [3.63, 3.8) is 0 Å². The van der Waals surface area contributed by atoms with Crippen LogP contribution in [-0.4, -0.2) is 18.1 Å². The number of anilines is 1. The van der Waals surface area contributed by atoms with Crippen molar-refractivity contribution in [2.45, 2.75) is 6.61 Å². The Bertz CT molecular complexity index is 632. The lowest BCUT2D eigenvalue weighted by molar-refractivity contribution is 0.0595. The predicted octanol–water partition coefficient (Wildman–Crippen LogP) is 2.17. The van der Waals surface area contributed by atoms with Gasteiger partial charge in [0, 0.05) is 23.5 Å². The zero-order valence-electron chi connectivity index (χ0n) is 10.8. The van der Waals surface area contributed by atoms with E-state index in [2.05, 4.69) is 9.72 Å². The second-order valence-corrected chi connectivity index (χ2v) is 4.05. The molecule has 2 aromatic rings. The van der Waals surface area contributed by atoms with Gasteiger partial charge in [-0.15, -0.1) is 0 Å². The van der Waals surface area contributed by atoms with Gasteiger partial charge < -0.3 is 15.2 Å². The first-order valence-corrected chi connectivity index (χ1v) is 5.80. The second-order valence-electron chi connectivity index (χ2n) is 4.05. The van der Waals surface area contributed by atoms with Gasteiger partial charge in [0.1, 0.15) is 23.7 Å². The highest BCUT2D eigenvalue weighted by atomic mass is 19.1. The molecule has 0 aliphatic rings. The van der Waals surface area contributed by atoms with Crippen LogP contribution in [0.25, 0.3) is 0 Å². The molecule has 0 aliphatic heterocycles. The third kappa shape index (κ3) is 3.23. The number of pyridine rings is 1. The SMILES string of the molecule is COC(=O)c1ccc(N)cc1OCc1cncc(F)c1. The van der Waals surface area contributed by atoms with Crippen molar-refractivity contribution in [1.82, 2.24) is 4.98 Å². The van der Waals surface area contributed by atoms with Crippen LogP contribution < -0.4 is 10.5 Å². The van der Waals surface area contributed by atoms with E-state index in [0.29, 0.717) is 11.3 Å². The summed E-state index contributed by atoms with van der Waals surface area (Å²) >= 11 is 0. The van der Waals surface area contributed by atoms with Crippen LogP contribution in [0.5, 0.6) is 5.75 Å². The fourth-order valence-corrected chi connectivity index (χ4v) is 1.63. The summed E-state index contributed by atoms with van der Waals surface area (Å²) < 4.78 is 23.2. The van der Waals surface area contributed by atoms with Gasteiger partial charge in [-0.25, -0.2) is 9.18 Å². The Balaban J connectivity index is 2.20. The zero-order valence-corrected chi connectivity index (χ0v) is 10.8. The fraction of sp³-hybridized carbons (Fsp3) is 0.143. The molecule has 0 saturated heterocycles. The summed E-state index contributed by atoms with van der Waals surface area (Å²) in [7, 11) is 1.28. The molecule has 0 unspecified atom stereocenters. The minimum absolute atomic E-state index is 0.0677. The standard InChI is InChI=1S/C14H13FN2O3/c1-19-14(18)12-3-2-11(16)5-13(12)20-8-9-4-10(15)7-17-6-9/h2-7H,8,16H2,1H3. The van der Waals surface area contributed by atoms with Crippen LogP contribution >= 0.6 is 0 Å². The molecule has 2 rings (SSSR count). The first-order valence-electron chi connectivity index (χ1n) is 5.80. The number of nitrogen functional groups attached to an aromatic ring is 1. The topological polar surface area (TPSA) is 74.4 Å². The number of ether oxygens (including phenoxy) is 2. The van der Waals surface area contributed by atoms with Crippen LogP contribution in [0.3, 0.4) is 0 Å². The number of benzene rings is 1. The summed E-state index contributed by atoms with van der Waals surface area (Å²) in [6, 6.07) is 5.90. The number of nitrogens with zero attached hydrogens (tertiary/aromatic N) is 1. The van der Waals surface area contributed by atoms with Gasteiger partial charge in [-0.1, -0.05) is 0 Å². The Hall–Kier alpha value is -2.63. The number of rotatable bonds is 4. The molecule has 1 aromatic carbocycles. The van der Waals surface area contributed by atoms with Gasteiger partial charge in [-0.2, -0.15) is 0 Å². The molecule has 0 radical (unpaired) electrons. The van der Waals surface area contributed by atoms with Crippen LogP contribution in [0.2, 0.25) is 0 Å². The van der Waals surface area contributed by atoms with Crippen molar-refractivity contribution in [2.24, 2.45) is 0 Å². The summed E-state index contributed by atoms with van der Waals surface area (Å²) in [6.07, 6.45) is 2.58. The summed E-state index contributed by atoms with van der Waals surface area (Å²) in [6.45, 7) is 0.0677. The predicted molar refractivity (Wildman–Crippen MR) is 70.7 cm³/mol. The monoisotopic (exact) mass is 276 g/mol. The quantitative estimate of drug-likeness (QED) is 0.684. The molecule has 0 spiro atoms. The molecule has 1 aromatic heterocycles. The number of hydrogen-bond acceptors (Lipinski definition) is 5. The van der Waals surface area contributed by atoms with Gasteiger partial charge in [-0.3, -0.25) is 4.98 Å². The molecule has 0 bridgehead atoms. The Kier molecular flexibility index (Phi) is 4.14. The van der Waals surface area contributed by atoms with Gasteiger partial charge in [0.25, 0.3) is 0 Å². The van der Waals surface area contributed by atoms with E-state index in [1.807, 2.05) is 0 Å². The Morgan fingerprint density at radius 2 is 2.15 bits per heavy atom. The number of nitrogens with two attached hydrogens (primary N) is 1. The first-order chi connectivity index (χ1) is 9.60. The minimum atomic E-state index is -0.530. The van der Waals surface area contributed by atoms with E-state index in [-0.39, 0.29) is 17.9 Å². The fourth-order valence-electron chi connectivity index (χ4n) is 1.63. The summed E-state index contributed by atoms with van der Waals surface area (Å²) in [5.41, 5.74) is 6.91. The lowest BCUT2D eigenvalue weighted by Gasteiger charge is -2.11. The normalized spacial score (nSPS) is 10.1. The molecule has 5 nitrogen and oxygen atoms in total. The number of hydrogen-bond donors (Lipinski definition) is 1. The number of methoxy groups -OCH3 is 1. The van der Waals surface area contributed by atoms with E-state index in [4.69, 9.17) is 10.5 Å². The number of esters is 1. The third-order valence-corrected chi connectivity index (χ3v) is 2.57. The van der Waals surface area contributed by atoms with E-state index in [0.717, 1.165) is 6.20 Å². The van der Waals surface area contributed by atoms with Crippen molar-refractivity contribution < 1.29 is 18.7 Å². The number of carbonyl (C=O) groups excluding carboxylic acids is 1. The number of carbonyl (C=O) groups is 1. The van der Waals surface area contributed by atoms with Crippen molar-refractivity contribution >= 4 is 11.7 Å². The van der Waals surface area contributed by atoms with Crippen LogP contribution in [-0.2, 0) is 11.3 Å². The maximum absolute atomic E-state index is 13.0. The van der Waals surface area contributed by atoms with E-state index in [9.17, 15) is 9.18 Å². The molecule has 1 heterocycles. The lowest BCUT2D eigenvalue weighted by Crippen LogP contribution is -2.06. The summed E-state index contributed by atoms with van der Waals surface area (Å²) in [5, 5.41) is 0. The maximum Gasteiger partial charge on any atom is 0.341 e. The van der Waals surface area contributed by atoms with Gasteiger partial charge in [0.05, 0.1) is 13.3 Å². The van der Waals surface area contributed by atoms with E-state index >= 15 is 0 Å². The van der Waals surface area contributed by atoms with Crippen molar-refractivity contribution in [3.05, 3.63) is 53.6 Å². The first kappa shape index (κ1) is 13.8. The minimum Gasteiger partial charge on any atom is -0.488 e. The Morgan fingerprint density at radius 3 is 2.85 bits per heavy atom. The highest BCUT2D eigenvalue weighted by Gasteiger charge is 2.13. The van der Waals surface area contributed by atoms with Gasteiger partial charge in [0.2, 0.25) is 0 Å². The second kappa shape index (κ2) is 6.01. The Morgan fingerprint density at radius 1 is 1.35 bits per heavy atom. The molecule has 0 amide bonds. The van der Waals surface area contributed by atoms with Gasteiger partial charge >= 0.3 is 5.97 Å². The largest absolute Gasteiger partial charge is 0.488 e. The number of halogens is 1. The highest BCUT2D eigenvalue weighted by molar-refractivity contribution is 5.93. The molecule has 104 valence electrons. The van der Waals surface area contributed by atoms with Crippen molar-refractivity contribution in [1.29, 1.82) is 0 Å². The smallest absolute Gasteiger partial charge is 0.341 e. The van der Waals surface area contributed by atoms with E-state index in [1.165, 1.54) is 31.5 Å². The zero-order chi connectivity index (χ0) is 14.5. The Labute approximate surface area is 115 Å².